The molecule has 0 aromatic carbocycles. The number of fused-ring (bicyclic) bond motifs is 1. The average molecular weight is 454 g/mol. The van der Waals surface area contributed by atoms with Crippen LogP contribution >= 0.6 is 11.6 Å². The Bertz CT molecular complexity index is 1230. The van der Waals surface area contributed by atoms with Crippen LogP contribution in [-0.2, 0) is 0 Å². The summed E-state index contributed by atoms with van der Waals surface area (Å²) < 4.78 is 43.2. The predicted octanol–water partition coefficient (Wildman–Crippen LogP) is 3.21. The molecule has 0 amide bonds. The van der Waals surface area contributed by atoms with E-state index in [-0.39, 0.29) is 22.1 Å². The maximum atomic E-state index is 14.2. The van der Waals surface area contributed by atoms with Crippen LogP contribution in [0.1, 0.15) is 28.5 Å². The minimum atomic E-state index is -3.10. The number of aromatic carboxylic acids is 1. The Hall–Kier alpha value is -3.34. The number of alkyl halides is 2. The van der Waals surface area contributed by atoms with E-state index in [2.05, 4.69) is 15.3 Å². The van der Waals surface area contributed by atoms with Gasteiger partial charge in [-0.2, -0.15) is 0 Å². The molecule has 1 unspecified atom stereocenters. The molecule has 162 valence electrons. The molecule has 0 saturated carbocycles. The lowest BCUT2D eigenvalue weighted by atomic mass is 10.1. The molecule has 1 fully saturated rings. The molecule has 1 atom stereocenters. The first kappa shape index (κ1) is 20.9. The van der Waals surface area contributed by atoms with E-state index in [4.69, 9.17) is 11.6 Å². The maximum Gasteiger partial charge on any atom is 0.356 e. The van der Waals surface area contributed by atoms with Crippen molar-refractivity contribution >= 4 is 34.7 Å². The lowest BCUT2D eigenvalue weighted by Crippen LogP contribution is -2.38. The van der Waals surface area contributed by atoms with Gasteiger partial charge in [0.15, 0.2) is 5.69 Å². The topological polar surface area (TPSA) is 99.8 Å². The largest absolute Gasteiger partial charge is 0.476 e. The summed E-state index contributed by atoms with van der Waals surface area (Å²) in [6, 6.07) is 2.58. The summed E-state index contributed by atoms with van der Waals surface area (Å²) in [5, 5.41) is 11.6. The quantitative estimate of drug-likeness (QED) is 0.553. The number of rotatable bonds is 6. The highest BCUT2D eigenvalue weighted by atomic mass is 35.5. The van der Waals surface area contributed by atoms with Crippen molar-refractivity contribution in [1.82, 2.24) is 14.4 Å². The van der Waals surface area contributed by atoms with E-state index in [0.717, 1.165) is 23.1 Å². The van der Waals surface area contributed by atoms with Gasteiger partial charge in [0, 0.05) is 30.9 Å². The molecule has 31 heavy (non-hydrogen) atoms. The Morgan fingerprint density at radius 1 is 1.23 bits per heavy atom. The van der Waals surface area contributed by atoms with E-state index in [9.17, 15) is 27.9 Å². The number of nitrogens with one attached hydrogen (secondary N) is 1. The summed E-state index contributed by atoms with van der Waals surface area (Å²) in [5.74, 6) is -2.11. The highest BCUT2D eigenvalue weighted by molar-refractivity contribution is 6.29. The zero-order chi connectivity index (χ0) is 22.3. The van der Waals surface area contributed by atoms with Gasteiger partial charge in [0.05, 0.1) is 5.69 Å². The van der Waals surface area contributed by atoms with E-state index < -0.39 is 35.5 Å². The molecule has 0 spiro atoms. The third kappa shape index (κ3) is 4.00. The average Bonchev–Trinajstić information content (AvgIpc) is 2.65. The number of anilines is 2. The Morgan fingerprint density at radius 3 is 2.58 bits per heavy atom. The number of nitrogens with zero attached hydrogens (tertiary/aromatic N) is 4. The van der Waals surface area contributed by atoms with Crippen molar-refractivity contribution in [2.24, 2.45) is 0 Å². The number of pyridine rings is 2. The van der Waals surface area contributed by atoms with Gasteiger partial charge < -0.3 is 15.3 Å². The van der Waals surface area contributed by atoms with Crippen LogP contribution in [0.15, 0.2) is 35.3 Å². The fourth-order valence-corrected chi connectivity index (χ4v) is 3.42. The number of hydrogen-bond donors (Lipinski definition) is 2. The Morgan fingerprint density at radius 2 is 1.97 bits per heavy atom. The van der Waals surface area contributed by atoms with Crippen LogP contribution in [0.3, 0.4) is 0 Å². The summed E-state index contributed by atoms with van der Waals surface area (Å²) >= 11 is 5.71. The van der Waals surface area contributed by atoms with E-state index in [1.54, 1.807) is 4.90 Å². The van der Waals surface area contributed by atoms with Gasteiger partial charge >= 0.3 is 5.97 Å². The van der Waals surface area contributed by atoms with Crippen molar-refractivity contribution < 1.29 is 23.1 Å². The Balaban J connectivity index is 1.87. The van der Waals surface area contributed by atoms with Gasteiger partial charge in [-0.15, -0.1) is 0 Å². The molecular weight excluding hydrogens is 439 g/mol. The summed E-state index contributed by atoms with van der Waals surface area (Å²) in [6.45, 7) is 1.32. The predicted molar refractivity (Wildman–Crippen MR) is 107 cm³/mol. The molecule has 12 heteroatoms. The summed E-state index contributed by atoms with van der Waals surface area (Å²) in [6.07, 6.45) is -1.34. The van der Waals surface area contributed by atoms with E-state index in [1.165, 1.54) is 18.2 Å². The molecule has 8 nitrogen and oxygen atoms in total. The highest BCUT2D eigenvalue weighted by Gasteiger charge is 2.29. The molecule has 1 aliphatic heterocycles. The van der Waals surface area contributed by atoms with Gasteiger partial charge in [0.25, 0.3) is 12.0 Å². The summed E-state index contributed by atoms with van der Waals surface area (Å²) in [5.41, 5.74) is -1.91. The lowest BCUT2D eigenvalue weighted by molar-refractivity contribution is 0.0690. The molecular formula is C19H15ClF3N5O3. The van der Waals surface area contributed by atoms with Crippen LogP contribution in [0.5, 0.6) is 0 Å². The van der Waals surface area contributed by atoms with Crippen molar-refractivity contribution in [3.05, 3.63) is 63.0 Å². The minimum absolute atomic E-state index is 0.139. The zero-order valence-corrected chi connectivity index (χ0v) is 16.5. The molecule has 0 bridgehead atoms. The van der Waals surface area contributed by atoms with Crippen molar-refractivity contribution in [3.63, 3.8) is 0 Å². The molecule has 0 radical (unpaired) electrons. The number of hydrogen-bond acceptors (Lipinski definition) is 6. The number of carbonyl (C=O) groups is 1. The van der Waals surface area contributed by atoms with Crippen molar-refractivity contribution in [2.45, 2.75) is 18.9 Å². The lowest BCUT2D eigenvalue weighted by Gasteiger charge is -2.32. The Labute approximate surface area is 177 Å². The SMILES string of the molecule is O=C(O)c1nc(Cl)ccc1NC(c1cc(F)cn2c(=O)cc(N3CCC3)nc12)C(F)F. The first-order chi connectivity index (χ1) is 14.7. The van der Waals surface area contributed by atoms with Crippen LogP contribution in [0.2, 0.25) is 5.15 Å². The molecule has 4 heterocycles. The number of aromatic nitrogens is 3. The number of carboxylic acid groups (broad SMARTS) is 1. The van der Waals surface area contributed by atoms with Gasteiger partial charge in [-0.3, -0.25) is 9.20 Å². The van der Waals surface area contributed by atoms with Gasteiger partial charge in [0.2, 0.25) is 0 Å². The smallest absolute Gasteiger partial charge is 0.356 e. The zero-order valence-electron chi connectivity index (χ0n) is 15.7. The van der Waals surface area contributed by atoms with Crippen molar-refractivity contribution in [1.29, 1.82) is 0 Å². The second-order valence-electron chi connectivity index (χ2n) is 6.89. The summed E-state index contributed by atoms with van der Waals surface area (Å²) in [7, 11) is 0. The fourth-order valence-electron chi connectivity index (χ4n) is 3.28. The van der Waals surface area contributed by atoms with Gasteiger partial charge in [0.1, 0.15) is 28.5 Å². The third-order valence-corrected chi connectivity index (χ3v) is 5.10. The van der Waals surface area contributed by atoms with E-state index >= 15 is 0 Å². The molecule has 4 rings (SSSR count). The molecule has 3 aromatic rings. The standard InChI is InChI=1S/C19H15ClF3N5O3/c20-12-3-2-11(16(25-12)19(30)31)24-15(17(22)23)10-6-9(21)8-28-14(29)7-13(26-18(10)28)27-4-1-5-27/h2-3,6-8,15,17,24H,1,4-5H2,(H,30,31). The molecule has 2 N–H and O–H groups in total. The first-order valence-electron chi connectivity index (χ1n) is 9.17. The van der Waals surface area contributed by atoms with Gasteiger partial charge in [-0.25, -0.2) is 27.9 Å². The van der Waals surface area contributed by atoms with E-state index in [0.29, 0.717) is 18.9 Å². The number of carboxylic acids is 1. The van der Waals surface area contributed by atoms with Crippen LogP contribution in [0.25, 0.3) is 5.65 Å². The van der Waals surface area contributed by atoms with Gasteiger partial charge in [-0.05, 0) is 24.6 Å². The highest BCUT2D eigenvalue weighted by Crippen LogP contribution is 2.31. The molecule has 0 aliphatic carbocycles. The van der Waals surface area contributed by atoms with Crippen LogP contribution < -0.4 is 15.8 Å². The first-order valence-corrected chi connectivity index (χ1v) is 9.54. The normalized spacial score (nSPS) is 14.5. The second kappa shape index (κ2) is 8.06. The third-order valence-electron chi connectivity index (χ3n) is 4.88. The van der Waals surface area contributed by atoms with Gasteiger partial charge in [-0.1, -0.05) is 11.6 Å². The second-order valence-corrected chi connectivity index (χ2v) is 7.28. The maximum absolute atomic E-state index is 14.2. The Kier molecular flexibility index (Phi) is 5.44. The molecule has 1 saturated heterocycles. The number of halogens is 4. The molecule has 3 aromatic heterocycles. The van der Waals surface area contributed by atoms with Crippen LogP contribution in [0.4, 0.5) is 24.7 Å². The minimum Gasteiger partial charge on any atom is -0.476 e. The van der Waals surface area contributed by atoms with Crippen LogP contribution in [-0.4, -0.2) is 45.0 Å². The molecule has 1 aliphatic rings. The fraction of sp³-hybridized carbons (Fsp3) is 0.263. The van der Waals surface area contributed by atoms with Crippen molar-refractivity contribution in [2.75, 3.05) is 23.3 Å². The van der Waals surface area contributed by atoms with Crippen LogP contribution in [0, 0.1) is 5.82 Å². The monoisotopic (exact) mass is 453 g/mol. The van der Waals surface area contributed by atoms with Crippen molar-refractivity contribution in [3.8, 4) is 0 Å². The summed E-state index contributed by atoms with van der Waals surface area (Å²) in [4.78, 5) is 33.7. The van der Waals surface area contributed by atoms with E-state index in [1.807, 2.05) is 0 Å².